The summed E-state index contributed by atoms with van der Waals surface area (Å²) in [5.41, 5.74) is 4.77. The largest absolute Gasteiger partial charge is 0.476 e. The van der Waals surface area contributed by atoms with Crippen LogP contribution in [-0.2, 0) is 42.2 Å². The SMILES string of the molecule is CCOc1nc(N)cc2c1ncn2[C@@H]1O[C@@](CO)(CF)[C@@H](O)[C@@]1(C)O.CCOc1nc(N)nc2c1ncn2[C@@H]1O[C@](CF)(COP(C)(=O)N[C@@H](C)C(=O)OC2CCCCC2)[C@@H](O)[C@@]1(C)O.C[C@H](NP(C)(=O)Cl)C(=O)OC1CCCCC1. The average Bonchev–Trinajstić information content (AvgIpc) is 4.16. The zero-order chi connectivity index (χ0) is 59.9. The number of halogens is 3. The van der Waals surface area contributed by atoms with Gasteiger partial charge in [-0.05, 0) is 104 Å². The van der Waals surface area contributed by atoms with Crippen LogP contribution in [-0.4, -0.2) is 184 Å². The van der Waals surface area contributed by atoms with Crippen molar-refractivity contribution in [3.8, 4) is 11.8 Å². The number of aliphatic hydroxyl groups excluding tert-OH is 3. The highest BCUT2D eigenvalue weighted by atomic mass is 35.7. The van der Waals surface area contributed by atoms with Crippen LogP contribution in [0.3, 0.4) is 0 Å². The summed E-state index contributed by atoms with van der Waals surface area (Å²) in [5, 5.41) is 58.0. The lowest BCUT2D eigenvalue weighted by molar-refractivity contribution is -0.153. The van der Waals surface area contributed by atoms with Gasteiger partial charge in [-0.3, -0.25) is 23.3 Å². The van der Waals surface area contributed by atoms with E-state index in [0.717, 1.165) is 57.8 Å². The van der Waals surface area contributed by atoms with Crippen molar-refractivity contribution in [2.24, 2.45) is 0 Å². The van der Waals surface area contributed by atoms with E-state index in [1.807, 2.05) is 0 Å². The number of nitrogens with one attached hydrogen (secondary N) is 2. The lowest BCUT2D eigenvalue weighted by Gasteiger charge is -2.32. The normalized spacial score (nSPS) is 29.3. The highest BCUT2D eigenvalue weighted by Crippen LogP contribution is 2.50. The summed E-state index contributed by atoms with van der Waals surface area (Å²) in [4.78, 5) is 44.8. The van der Waals surface area contributed by atoms with Crippen molar-refractivity contribution in [1.29, 1.82) is 0 Å². The number of fused-ring (bicyclic) bond motifs is 2. The molecule has 81 heavy (non-hydrogen) atoms. The topological polar surface area (TPSA) is 384 Å². The number of ether oxygens (including phenoxy) is 6. The molecule has 12 atom stereocenters. The third-order valence-electron chi connectivity index (χ3n) is 14.3. The van der Waals surface area contributed by atoms with Crippen molar-refractivity contribution in [3.05, 3.63) is 18.7 Å². The van der Waals surface area contributed by atoms with Crippen LogP contribution in [0, 0.1) is 0 Å². The molecule has 0 spiro atoms. The van der Waals surface area contributed by atoms with Crippen LogP contribution in [0.1, 0.15) is 118 Å². The number of nitrogens with zero attached hydrogens (tertiary/aromatic N) is 7. The first kappa shape index (κ1) is 65.7. The van der Waals surface area contributed by atoms with Crippen molar-refractivity contribution in [2.45, 2.75) is 177 Å². The monoisotopic (exact) mass is 1210 g/mol. The fraction of sp³-hybridized carbons (Fsp3) is 0.735. The number of aliphatic hydroxyl groups is 5. The van der Waals surface area contributed by atoms with Crippen LogP contribution >= 0.6 is 25.4 Å². The first-order chi connectivity index (χ1) is 38.0. The molecule has 4 fully saturated rings. The lowest BCUT2D eigenvalue weighted by Crippen LogP contribution is -2.53. The maximum Gasteiger partial charge on any atom is 0.323 e. The fourth-order valence-electron chi connectivity index (χ4n) is 10.1. The number of alkyl halides is 2. The number of nitrogens with two attached hydrogens (primary N) is 2. The first-order valence-corrected chi connectivity index (χ1v) is 31.9. The molecule has 2 unspecified atom stereocenters. The summed E-state index contributed by atoms with van der Waals surface area (Å²) < 4.78 is 93.9. The molecule has 2 aliphatic carbocycles. The van der Waals surface area contributed by atoms with Gasteiger partial charge in [0.2, 0.25) is 24.4 Å². The van der Waals surface area contributed by atoms with E-state index in [1.54, 1.807) is 20.8 Å². The molecule has 0 aromatic carbocycles. The number of carbonyl (C=O) groups excluding carboxylic acids is 2. The van der Waals surface area contributed by atoms with Gasteiger partial charge in [0.25, 0.3) is 7.52 Å². The van der Waals surface area contributed by atoms with Crippen LogP contribution in [0.15, 0.2) is 18.7 Å². The van der Waals surface area contributed by atoms with Gasteiger partial charge in [-0.2, -0.15) is 15.0 Å². The Morgan fingerprint density at radius 2 is 1.25 bits per heavy atom. The number of hydrogen-bond donors (Lipinski definition) is 9. The van der Waals surface area contributed by atoms with Crippen molar-refractivity contribution < 1.29 is 86.0 Å². The summed E-state index contributed by atoms with van der Waals surface area (Å²) in [5.74, 6) is -0.586. The van der Waals surface area contributed by atoms with Gasteiger partial charge in [0.1, 0.15) is 66.9 Å². The average molecular weight is 1210 g/mol. The molecular weight excluding hydrogens is 1130 g/mol. The molecule has 4 aromatic heterocycles. The number of aromatic nitrogens is 7. The molecule has 456 valence electrons. The van der Waals surface area contributed by atoms with Crippen LogP contribution in [0.5, 0.6) is 11.8 Å². The number of hydrogen-bond acceptors (Lipinski definition) is 23. The zero-order valence-corrected chi connectivity index (χ0v) is 49.2. The molecule has 2 saturated heterocycles. The molecule has 11 N–H and O–H groups in total. The van der Waals surface area contributed by atoms with Crippen LogP contribution in [0.4, 0.5) is 20.5 Å². The Kier molecular flexibility index (Phi) is 21.9. The maximum absolute atomic E-state index is 14.6. The molecule has 27 nitrogen and oxygen atoms in total. The Balaban J connectivity index is 0.000000218. The highest BCUT2D eigenvalue weighted by molar-refractivity contribution is 7.87. The third-order valence-corrected chi connectivity index (χ3v) is 16.9. The van der Waals surface area contributed by atoms with E-state index in [0.29, 0.717) is 17.6 Å². The van der Waals surface area contributed by atoms with E-state index in [2.05, 4.69) is 35.1 Å². The molecule has 0 radical (unpaired) electrons. The van der Waals surface area contributed by atoms with Crippen LogP contribution < -0.4 is 31.1 Å². The minimum Gasteiger partial charge on any atom is -0.476 e. The van der Waals surface area contributed by atoms with E-state index in [1.165, 1.54) is 68.4 Å². The lowest BCUT2D eigenvalue weighted by atomic mass is 9.88. The third kappa shape index (κ3) is 15.3. The minimum absolute atomic E-state index is 0.0251. The number of nitrogen functional groups attached to an aromatic ring is 2. The maximum atomic E-state index is 14.6. The van der Waals surface area contributed by atoms with Gasteiger partial charge in [0.15, 0.2) is 40.3 Å². The van der Waals surface area contributed by atoms with E-state index in [-0.39, 0.29) is 59.5 Å². The predicted molar refractivity (Wildman–Crippen MR) is 292 cm³/mol. The molecule has 4 aromatic rings. The Morgan fingerprint density at radius 1 is 0.778 bits per heavy atom. The number of anilines is 2. The minimum atomic E-state index is -3.74. The number of pyridine rings is 1. The summed E-state index contributed by atoms with van der Waals surface area (Å²) >= 11 is 5.55. The Bertz CT molecular complexity index is 2870. The molecule has 4 aliphatic rings. The molecule has 6 heterocycles. The van der Waals surface area contributed by atoms with Gasteiger partial charge in [-0.1, -0.05) is 12.8 Å². The van der Waals surface area contributed by atoms with Gasteiger partial charge in [-0.15, -0.1) is 0 Å². The molecule has 2 aliphatic heterocycles. The van der Waals surface area contributed by atoms with E-state index in [4.69, 9.17) is 55.7 Å². The number of rotatable bonds is 20. The predicted octanol–water partition coefficient (Wildman–Crippen LogP) is 4.51. The number of imidazole rings is 2. The molecule has 0 amide bonds. The highest BCUT2D eigenvalue weighted by Gasteiger charge is 2.64. The first-order valence-electron chi connectivity index (χ1n) is 26.8. The van der Waals surface area contributed by atoms with Gasteiger partial charge >= 0.3 is 11.9 Å². The van der Waals surface area contributed by atoms with Crippen molar-refractivity contribution in [3.63, 3.8) is 0 Å². The van der Waals surface area contributed by atoms with Gasteiger partial charge in [-0.25, -0.2) is 28.9 Å². The molecule has 8 rings (SSSR count). The Morgan fingerprint density at radius 3 is 1.74 bits per heavy atom. The summed E-state index contributed by atoms with van der Waals surface area (Å²) in [6.07, 6.45) is 6.34. The van der Waals surface area contributed by atoms with Gasteiger partial charge in [0, 0.05) is 19.4 Å². The number of esters is 2. The smallest absolute Gasteiger partial charge is 0.323 e. The van der Waals surface area contributed by atoms with Gasteiger partial charge in [0.05, 0.1) is 44.6 Å². The Hall–Kier alpha value is -4.48. The zero-order valence-electron chi connectivity index (χ0n) is 46.7. The summed E-state index contributed by atoms with van der Waals surface area (Å²) in [6.45, 7) is 5.54. The molecule has 2 saturated carbocycles. The fourth-order valence-corrected chi connectivity index (χ4v) is 12.7. The van der Waals surface area contributed by atoms with E-state index in [9.17, 15) is 53.0 Å². The summed E-state index contributed by atoms with van der Waals surface area (Å²) in [6, 6.07) is -0.0768. The quantitative estimate of drug-likeness (QED) is 0.0434. The van der Waals surface area contributed by atoms with Crippen LogP contribution in [0.25, 0.3) is 22.2 Å². The second kappa shape index (κ2) is 27.0. The van der Waals surface area contributed by atoms with Crippen molar-refractivity contribution >= 4 is 71.3 Å². The molecular formula is C49H78ClF2N11O16P2. The number of carbonyl (C=O) groups is 2. The van der Waals surface area contributed by atoms with E-state index < -0.39 is 106 Å². The Labute approximate surface area is 472 Å². The standard InChI is InChI=1S/C24H38FN6O8P.C15H21FN4O5.C10H19ClNO3P/c1-5-36-18-16-17(28-22(26)29-18)31(13-27-16)21-23(3,34)20(33)24(11-25,39-21)12-37-40(4,35)30-14(2)19(32)38-15-9-7-6-8-10-15;1-3-24-11-10-8(4-9(17)19-11)20(7-18-10)13-14(2,23)12(22)15(5-16,6-21)25-13;1-8(12-16(2,11)14)10(13)15-9-6-4-3-5-7-9/h13-15,20-21,33-34H,5-12H2,1-4H3,(H,30,35)(H2,26,28,29);4,7,12-13,21-23H,3,5-6H2,1-2H3,(H2,17,19);8-9H,3-7H2,1-2H3,(H,12,14)/t14-,20-,21+,23+,24+,40?;12-,13+,14+,15+;8-,16?/m000/s1. The van der Waals surface area contributed by atoms with Crippen molar-refractivity contribution in [1.82, 2.24) is 44.2 Å². The van der Waals surface area contributed by atoms with Crippen LogP contribution in [0.2, 0.25) is 0 Å². The van der Waals surface area contributed by atoms with Gasteiger partial charge < -0.3 is 74.5 Å². The summed E-state index contributed by atoms with van der Waals surface area (Å²) in [7, 11) is -3.74. The second-order valence-corrected chi connectivity index (χ2v) is 27.3. The second-order valence-electron chi connectivity index (χ2n) is 21.2. The van der Waals surface area contributed by atoms with E-state index >= 15 is 0 Å². The molecule has 0 bridgehead atoms. The molecule has 32 heteroatoms. The van der Waals surface area contributed by atoms with Crippen molar-refractivity contribution in [2.75, 3.05) is 64.6 Å².